The van der Waals surface area contributed by atoms with E-state index >= 15 is 0 Å². The van der Waals surface area contributed by atoms with Gasteiger partial charge in [0.2, 0.25) is 0 Å². The van der Waals surface area contributed by atoms with Gasteiger partial charge < -0.3 is 15.2 Å². The summed E-state index contributed by atoms with van der Waals surface area (Å²) in [5.41, 5.74) is 7.99. The standard InChI is InChI=1S/C15H16FNO2/c1-18-14-6-4-11(16)8-13(14)12-5-3-10(9-17)7-15(12)19-2/h3-8H,9,17H2,1-2H3. The van der Waals surface area contributed by atoms with E-state index < -0.39 is 0 Å². The Morgan fingerprint density at radius 2 is 1.68 bits per heavy atom. The van der Waals surface area contributed by atoms with Crippen LogP contribution in [0.1, 0.15) is 5.56 Å². The van der Waals surface area contributed by atoms with Crippen LogP contribution in [0.5, 0.6) is 11.5 Å². The predicted octanol–water partition coefficient (Wildman–Crippen LogP) is 2.97. The van der Waals surface area contributed by atoms with Crippen molar-refractivity contribution in [1.29, 1.82) is 0 Å². The number of ether oxygens (including phenoxy) is 2. The lowest BCUT2D eigenvalue weighted by Crippen LogP contribution is -1.98. The maximum absolute atomic E-state index is 13.4. The molecule has 0 aliphatic carbocycles. The third-order valence-corrected chi connectivity index (χ3v) is 2.95. The maximum atomic E-state index is 13.4. The number of halogens is 1. The van der Waals surface area contributed by atoms with Crippen molar-refractivity contribution in [3.05, 3.63) is 47.8 Å². The zero-order valence-electron chi connectivity index (χ0n) is 10.9. The first-order chi connectivity index (χ1) is 9.19. The Morgan fingerprint density at radius 3 is 2.32 bits per heavy atom. The van der Waals surface area contributed by atoms with Gasteiger partial charge in [0.15, 0.2) is 0 Å². The normalized spacial score (nSPS) is 10.3. The predicted molar refractivity (Wildman–Crippen MR) is 72.8 cm³/mol. The van der Waals surface area contributed by atoms with Gasteiger partial charge in [-0.3, -0.25) is 0 Å². The molecule has 0 aliphatic heterocycles. The van der Waals surface area contributed by atoms with E-state index in [4.69, 9.17) is 15.2 Å². The minimum atomic E-state index is -0.319. The van der Waals surface area contributed by atoms with Gasteiger partial charge in [-0.05, 0) is 29.8 Å². The van der Waals surface area contributed by atoms with E-state index in [1.54, 1.807) is 20.3 Å². The summed E-state index contributed by atoms with van der Waals surface area (Å²) in [5, 5.41) is 0. The van der Waals surface area contributed by atoms with Crippen LogP contribution in [0.15, 0.2) is 36.4 Å². The second-order valence-electron chi connectivity index (χ2n) is 4.08. The first-order valence-corrected chi connectivity index (χ1v) is 5.90. The Balaban J connectivity index is 2.60. The van der Waals surface area contributed by atoms with Gasteiger partial charge in [0.1, 0.15) is 17.3 Å². The Labute approximate surface area is 111 Å². The molecular formula is C15H16FNO2. The zero-order valence-corrected chi connectivity index (χ0v) is 10.9. The van der Waals surface area contributed by atoms with Gasteiger partial charge in [-0.25, -0.2) is 4.39 Å². The largest absolute Gasteiger partial charge is 0.496 e. The molecule has 2 aromatic rings. The van der Waals surface area contributed by atoms with Gasteiger partial charge in [-0.1, -0.05) is 12.1 Å². The minimum Gasteiger partial charge on any atom is -0.496 e. The van der Waals surface area contributed by atoms with Crippen molar-refractivity contribution in [3.8, 4) is 22.6 Å². The molecule has 2 aromatic carbocycles. The molecule has 0 spiro atoms. The third-order valence-electron chi connectivity index (χ3n) is 2.95. The van der Waals surface area contributed by atoms with Crippen LogP contribution in [0, 0.1) is 5.82 Å². The molecule has 0 fully saturated rings. The summed E-state index contributed by atoms with van der Waals surface area (Å²) in [6, 6.07) is 9.99. The first kappa shape index (κ1) is 13.4. The minimum absolute atomic E-state index is 0.319. The number of hydrogen-bond acceptors (Lipinski definition) is 3. The Morgan fingerprint density at radius 1 is 0.947 bits per heavy atom. The molecule has 0 heterocycles. The van der Waals surface area contributed by atoms with E-state index in [1.807, 2.05) is 18.2 Å². The van der Waals surface area contributed by atoms with Crippen molar-refractivity contribution >= 4 is 0 Å². The van der Waals surface area contributed by atoms with Crippen LogP contribution in [0.3, 0.4) is 0 Å². The van der Waals surface area contributed by atoms with Crippen molar-refractivity contribution in [2.45, 2.75) is 6.54 Å². The smallest absolute Gasteiger partial charge is 0.127 e. The molecule has 0 amide bonds. The molecule has 0 unspecified atom stereocenters. The van der Waals surface area contributed by atoms with Gasteiger partial charge in [0.25, 0.3) is 0 Å². The third kappa shape index (κ3) is 2.69. The molecule has 19 heavy (non-hydrogen) atoms. The van der Waals surface area contributed by atoms with E-state index in [1.165, 1.54) is 12.1 Å². The van der Waals surface area contributed by atoms with Crippen molar-refractivity contribution < 1.29 is 13.9 Å². The van der Waals surface area contributed by atoms with Gasteiger partial charge in [-0.2, -0.15) is 0 Å². The highest BCUT2D eigenvalue weighted by Crippen LogP contribution is 2.37. The van der Waals surface area contributed by atoms with Crippen LogP contribution in [-0.2, 0) is 6.54 Å². The van der Waals surface area contributed by atoms with Crippen LogP contribution in [0.2, 0.25) is 0 Å². The average molecular weight is 261 g/mol. The molecule has 3 nitrogen and oxygen atoms in total. The highest BCUT2D eigenvalue weighted by atomic mass is 19.1. The summed E-state index contributed by atoms with van der Waals surface area (Å²) in [4.78, 5) is 0. The van der Waals surface area contributed by atoms with Crippen LogP contribution in [-0.4, -0.2) is 14.2 Å². The molecule has 0 atom stereocenters. The van der Waals surface area contributed by atoms with E-state index in [2.05, 4.69) is 0 Å². The first-order valence-electron chi connectivity index (χ1n) is 5.90. The number of hydrogen-bond donors (Lipinski definition) is 1. The van der Waals surface area contributed by atoms with Crippen molar-refractivity contribution in [2.75, 3.05) is 14.2 Å². The van der Waals surface area contributed by atoms with Gasteiger partial charge in [-0.15, -0.1) is 0 Å². The summed E-state index contributed by atoms with van der Waals surface area (Å²) in [7, 11) is 3.13. The molecule has 0 aliphatic rings. The highest BCUT2D eigenvalue weighted by Gasteiger charge is 2.12. The van der Waals surface area contributed by atoms with Crippen molar-refractivity contribution in [2.24, 2.45) is 5.73 Å². The van der Waals surface area contributed by atoms with E-state index in [0.717, 1.165) is 11.1 Å². The molecule has 0 bridgehead atoms. The SMILES string of the molecule is COc1cc(CN)ccc1-c1cc(F)ccc1OC. The van der Waals surface area contributed by atoms with Gasteiger partial charge in [0, 0.05) is 17.7 Å². The van der Waals surface area contributed by atoms with Crippen molar-refractivity contribution in [1.82, 2.24) is 0 Å². The number of nitrogens with two attached hydrogens (primary N) is 1. The summed E-state index contributed by atoms with van der Waals surface area (Å²) in [6.07, 6.45) is 0. The fourth-order valence-corrected chi connectivity index (χ4v) is 1.98. The maximum Gasteiger partial charge on any atom is 0.127 e. The number of rotatable bonds is 4. The summed E-state index contributed by atoms with van der Waals surface area (Å²) < 4.78 is 24.0. The van der Waals surface area contributed by atoms with Crippen molar-refractivity contribution in [3.63, 3.8) is 0 Å². The Bertz CT molecular complexity index is 584. The lowest BCUT2D eigenvalue weighted by atomic mass is 10.0. The Hall–Kier alpha value is -2.07. The quantitative estimate of drug-likeness (QED) is 0.920. The second-order valence-corrected chi connectivity index (χ2v) is 4.08. The molecule has 0 saturated heterocycles. The number of benzene rings is 2. The molecule has 0 saturated carbocycles. The van der Waals surface area contributed by atoms with Crippen LogP contribution in [0.25, 0.3) is 11.1 Å². The fourth-order valence-electron chi connectivity index (χ4n) is 1.98. The molecule has 2 rings (SSSR count). The zero-order chi connectivity index (χ0) is 13.8. The average Bonchev–Trinajstić information content (AvgIpc) is 2.46. The van der Waals surface area contributed by atoms with E-state index in [9.17, 15) is 4.39 Å². The second kappa shape index (κ2) is 5.71. The molecule has 4 heteroatoms. The van der Waals surface area contributed by atoms with Gasteiger partial charge >= 0.3 is 0 Å². The molecule has 100 valence electrons. The summed E-state index contributed by atoms with van der Waals surface area (Å²) in [6.45, 7) is 0.428. The number of methoxy groups -OCH3 is 2. The molecular weight excluding hydrogens is 245 g/mol. The molecule has 0 radical (unpaired) electrons. The van der Waals surface area contributed by atoms with E-state index in [-0.39, 0.29) is 5.82 Å². The fraction of sp³-hybridized carbons (Fsp3) is 0.200. The Kier molecular flexibility index (Phi) is 4.02. The summed E-state index contributed by atoms with van der Waals surface area (Å²) >= 11 is 0. The molecule has 0 aromatic heterocycles. The summed E-state index contributed by atoms with van der Waals surface area (Å²) in [5.74, 6) is 0.924. The molecule has 2 N–H and O–H groups in total. The topological polar surface area (TPSA) is 44.5 Å². The van der Waals surface area contributed by atoms with Crippen LogP contribution < -0.4 is 15.2 Å². The lowest BCUT2D eigenvalue weighted by molar-refractivity contribution is 0.409. The van der Waals surface area contributed by atoms with Gasteiger partial charge in [0.05, 0.1) is 14.2 Å². The van der Waals surface area contributed by atoms with Crippen LogP contribution in [0.4, 0.5) is 4.39 Å². The highest BCUT2D eigenvalue weighted by molar-refractivity contribution is 5.76. The lowest BCUT2D eigenvalue weighted by Gasteiger charge is -2.13. The van der Waals surface area contributed by atoms with E-state index in [0.29, 0.717) is 23.6 Å². The monoisotopic (exact) mass is 261 g/mol. The van der Waals surface area contributed by atoms with Crippen LogP contribution >= 0.6 is 0 Å².